The molecule has 0 aliphatic carbocycles. The summed E-state index contributed by atoms with van der Waals surface area (Å²) in [6.45, 7) is 3.14. The average molecular weight is 206 g/mol. The van der Waals surface area contributed by atoms with Crippen molar-refractivity contribution in [2.75, 3.05) is 18.0 Å². The van der Waals surface area contributed by atoms with E-state index in [9.17, 15) is 5.11 Å². The summed E-state index contributed by atoms with van der Waals surface area (Å²) in [5.74, 6) is 0. The Kier molecular flexibility index (Phi) is 2.93. The molecule has 15 heavy (non-hydrogen) atoms. The van der Waals surface area contributed by atoms with Crippen LogP contribution in [-0.4, -0.2) is 30.3 Å². The lowest BCUT2D eigenvalue weighted by atomic mass is 10.1. The normalized spacial score (nSPS) is 21.5. The predicted octanol–water partition coefficient (Wildman–Crippen LogP) is 0.757. The maximum Gasteiger partial charge on any atom is 0.0837 e. The first-order valence-electron chi connectivity index (χ1n) is 5.45. The van der Waals surface area contributed by atoms with Gasteiger partial charge < -0.3 is 15.7 Å². The highest BCUT2D eigenvalue weighted by atomic mass is 16.3. The van der Waals surface area contributed by atoms with Crippen LogP contribution in [-0.2, 0) is 6.42 Å². The van der Waals surface area contributed by atoms with Crippen LogP contribution in [0, 0.1) is 0 Å². The number of benzene rings is 1. The smallest absolute Gasteiger partial charge is 0.0837 e. The Morgan fingerprint density at radius 1 is 1.53 bits per heavy atom. The van der Waals surface area contributed by atoms with Crippen molar-refractivity contribution in [1.82, 2.24) is 0 Å². The van der Waals surface area contributed by atoms with Gasteiger partial charge in [-0.3, -0.25) is 0 Å². The molecule has 3 nitrogen and oxygen atoms in total. The van der Waals surface area contributed by atoms with Gasteiger partial charge in [0.15, 0.2) is 0 Å². The molecule has 1 heterocycles. The minimum absolute atomic E-state index is 0.325. The summed E-state index contributed by atoms with van der Waals surface area (Å²) < 4.78 is 0. The summed E-state index contributed by atoms with van der Waals surface area (Å²) in [7, 11) is 0. The molecule has 2 rings (SSSR count). The van der Waals surface area contributed by atoms with Crippen molar-refractivity contribution in [3.63, 3.8) is 0 Å². The molecule has 1 aromatic carbocycles. The van der Waals surface area contributed by atoms with E-state index in [4.69, 9.17) is 5.73 Å². The lowest BCUT2D eigenvalue weighted by Gasteiger charge is -2.27. The van der Waals surface area contributed by atoms with Crippen molar-refractivity contribution in [2.24, 2.45) is 5.73 Å². The summed E-state index contributed by atoms with van der Waals surface area (Å²) in [6.07, 6.45) is 0.631. The van der Waals surface area contributed by atoms with Crippen LogP contribution in [0.1, 0.15) is 12.5 Å². The molecule has 2 unspecified atom stereocenters. The van der Waals surface area contributed by atoms with Crippen molar-refractivity contribution in [1.29, 1.82) is 0 Å². The fraction of sp³-hybridized carbons (Fsp3) is 0.500. The Balaban J connectivity index is 2.18. The van der Waals surface area contributed by atoms with E-state index in [0.29, 0.717) is 19.1 Å². The van der Waals surface area contributed by atoms with Crippen molar-refractivity contribution >= 4 is 5.69 Å². The second-order valence-corrected chi connectivity index (χ2v) is 4.22. The molecule has 0 radical (unpaired) electrons. The van der Waals surface area contributed by atoms with E-state index in [1.807, 2.05) is 6.07 Å². The summed E-state index contributed by atoms with van der Waals surface area (Å²) in [5.41, 5.74) is 8.06. The van der Waals surface area contributed by atoms with Crippen LogP contribution >= 0.6 is 0 Å². The number of hydrogen-bond donors (Lipinski definition) is 2. The Morgan fingerprint density at radius 2 is 2.27 bits per heavy atom. The Bertz CT molecular complexity index is 340. The maximum absolute atomic E-state index is 9.60. The van der Waals surface area contributed by atoms with Crippen LogP contribution in [0.25, 0.3) is 0 Å². The fourth-order valence-electron chi connectivity index (χ4n) is 2.21. The Morgan fingerprint density at radius 3 is 3.00 bits per heavy atom. The molecule has 82 valence electrons. The SMILES string of the molecule is CC1Cc2ccccc2N1CC(O)CN. The Hall–Kier alpha value is -1.06. The summed E-state index contributed by atoms with van der Waals surface area (Å²) in [4.78, 5) is 2.24. The highest BCUT2D eigenvalue weighted by molar-refractivity contribution is 5.59. The van der Waals surface area contributed by atoms with E-state index >= 15 is 0 Å². The van der Waals surface area contributed by atoms with Gasteiger partial charge in [-0.05, 0) is 25.0 Å². The van der Waals surface area contributed by atoms with Crippen molar-refractivity contribution in [2.45, 2.75) is 25.5 Å². The number of β-amino-alcohol motifs (C(OH)–C–C–N with tert-alkyl or cyclic N) is 1. The number of aliphatic hydroxyl groups is 1. The summed E-state index contributed by atoms with van der Waals surface area (Å²) in [6, 6.07) is 8.83. The molecule has 0 aromatic heterocycles. The van der Waals surface area contributed by atoms with Crippen molar-refractivity contribution < 1.29 is 5.11 Å². The molecule has 0 spiro atoms. The van der Waals surface area contributed by atoms with E-state index in [0.717, 1.165) is 6.42 Å². The minimum atomic E-state index is -0.432. The number of fused-ring (bicyclic) bond motifs is 1. The molecular formula is C12H18N2O. The van der Waals surface area contributed by atoms with E-state index in [-0.39, 0.29) is 0 Å². The van der Waals surface area contributed by atoms with Gasteiger partial charge in [0.25, 0.3) is 0 Å². The number of aliphatic hydroxyl groups excluding tert-OH is 1. The summed E-state index contributed by atoms with van der Waals surface area (Å²) in [5, 5.41) is 9.60. The molecule has 0 amide bonds. The van der Waals surface area contributed by atoms with Crippen molar-refractivity contribution in [3.05, 3.63) is 29.8 Å². The van der Waals surface area contributed by atoms with E-state index in [1.165, 1.54) is 11.3 Å². The molecule has 0 fully saturated rings. The van der Waals surface area contributed by atoms with Gasteiger partial charge in [-0.15, -0.1) is 0 Å². The molecular weight excluding hydrogens is 188 g/mol. The first kappa shape index (κ1) is 10.5. The van der Waals surface area contributed by atoms with Crippen LogP contribution in [0.15, 0.2) is 24.3 Å². The molecule has 0 bridgehead atoms. The number of anilines is 1. The molecule has 2 atom stereocenters. The average Bonchev–Trinajstić information content (AvgIpc) is 2.55. The van der Waals surface area contributed by atoms with Gasteiger partial charge in [-0.25, -0.2) is 0 Å². The standard InChI is InChI=1S/C12H18N2O/c1-9-6-10-4-2-3-5-12(10)14(9)8-11(15)7-13/h2-5,9,11,15H,6-8,13H2,1H3. The topological polar surface area (TPSA) is 49.5 Å². The highest BCUT2D eigenvalue weighted by Crippen LogP contribution is 2.31. The molecule has 1 aliphatic heterocycles. The largest absolute Gasteiger partial charge is 0.390 e. The molecule has 3 N–H and O–H groups in total. The van der Waals surface area contributed by atoms with Crippen LogP contribution in [0.3, 0.4) is 0 Å². The predicted molar refractivity (Wildman–Crippen MR) is 62.0 cm³/mol. The number of nitrogens with two attached hydrogens (primary N) is 1. The van der Waals surface area contributed by atoms with E-state index in [2.05, 4.69) is 30.0 Å². The van der Waals surface area contributed by atoms with Gasteiger partial charge in [0.2, 0.25) is 0 Å². The van der Waals surface area contributed by atoms with Crippen molar-refractivity contribution in [3.8, 4) is 0 Å². The first-order chi connectivity index (χ1) is 7.22. The Labute approximate surface area is 90.5 Å². The van der Waals surface area contributed by atoms with E-state index in [1.54, 1.807) is 0 Å². The second kappa shape index (κ2) is 4.21. The molecule has 1 aliphatic rings. The van der Waals surface area contributed by atoms with Crippen LogP contribution in [0.5, 0.6) is 0 Å². The highest BCUT2D eigenvalue weighted by Gasteiger charge is 2.26. The lowest BCUT2D eigenvalue weighted by Crippen LogP contribution is -2.39. The third kappa shape index (κ3) is 1.98. The second-order valence-electron chi connectivity index (χ2n) is 4.22. The van der Waals surface area contributed by atoms with Crippen LogP contribution < -0.4 is 10.6 Å². The van der Waals surface area contributed by atoms with Gasteiger partial charge in [-0.2, -0.15) is 0 Å². The van der Waals surface area contributed by atoms with Gasteiger partial charge in [0.05, 0.1) is 6.10 Å². The van der Waals surface area contributed by atoms with Gasteiger partial charge in [-0.1, -0.05) is 18.2 Å². The number of para-hydroxylation sites is 1. The van der Waals surface area contributed by atoms with Crippen LogP contribution in [0.4, 0.5) is 5.69 Å². The van der Waals surface area contributed by atoms with Gasteiger partial charge >= 0.3 is 0 Å². The quantitative estimate of drug-likeness (QED) is 0.767. The zero-order valence-electron chi connectivity index (χ0n) is 9.06. The van der Waals surface area contributed by atoms with Crippen LogP contribution in [0.2, 0.25) is 0 Å². The summed E-state index contributed by atoms with van der Waals surface area (Å²) >= 11 is 0. The number of nitrogens with zero attached hydrogens (tertiary/aromatic N) is 1. The minimum Gasteiger partial charge on any atom is -0.390 e. The zero-order valence-corrected chi connectivity index (χ0v) is 9.06. The van der Waals surface area contributed by atoms with Gasteiger partial charge in [0.1, 0.15) is 0 Å². The lowest BCUT2D eigenvalue weighted by molar-refractivity contribution is 0.186. The molecule has 1 aromatic rings. The molecule has 3 heteroatoms. The maximum atomic E-state index is 9.60. The number of hydrogen-bond acceptors (Lipinski definition) is 3. The zero-order chi connectivity index (χ0) is 10.8. The first-order valence-corrected chi connectivity index (χ1v) is 5.45. The number of rotatable bonds is 3. The van der Waals surface area contributed by atoms with E-state index < -0.39 is 6.10 Å². The fourth-order valence-corrected chi connectivity index (χ4v) is 2.21. The molecule has 0 saturated carbocycles. The third-order valence-corrected chi connectivity index (χ3v) is 3.03. The monoisotopic (exact) mass is 206 g/mol. The third-order valence-electron chi connectivity index (χ3n) is 3.03. The van der Waals surface area contributed by atoms with Gasteiger partial charge in [0, 0.05) is 24.8 Å². The molecule has 0 saturated heterocycles.